The van der Waals surface area contributed by atoms with Crippen LogP contribution in [0.2, 0.25) is 5.02 Å². The van der Waals surface area contributed by atoms with Crippen molar-refractivity contribution in [3.63, 3.8) is 0 Å². The summed E-state index contributed by atoms with van der Waals surface area (Å²) in [6.07, 6.45) is 2.02. The third-order valence-electron chi connectivity index (χ3n) is 2.97. The van der Waals surface area contributed by atoms with Gasteiger partial charge in [-0.2, -0.15) is 4.98 Å². The lowest BCUT2D eigenvalue weighted by Gasteiger charge is -1.98. The molecule has 0 atom stereocenters. The van der Waals surface area contributed by atoms with Gasteiger partial charge in [-0.3, -0.25) is 0 Å². The van der Waals surface area contributed by atoms with Crippen LogP contribution in [-0.2, 0) is 0 Å². The third kappa shape index (κ3) is 2.89. The van der Waals surface area contributed by atoms with E-state index in [4.69, 9.17) is 16.1 Å². The van der Waals surface area contributed by atoms with Crippen LogP contribution in [0.3, 0.4) is 0 Å². The summed E-state index contributed by atoms with van der Waals surface area (Å²) in [6.45, 7) is 0. The molecule has 0 unspecified atom stereocenters. The lowest BCUT2D eigenvalue weighted by atomic mass is 10.2. The Balaban J connectivity index is 1.93. The highest BCUT2D eigenvalue weighted by Gasteiger charge is 2.12. The molecule has 0 bridgehead atoms. The molecule has 0 saturated heterocycles. The summed E-state index contributed by atoms with van der Waals surface area (Å²) in [5.41, 5.74) is 1.55. The Morgan fingerprint density at radius 1 is 1.10 bits per heavy atom. The minimum absolute atomic E-state index is 0.0211. The fraction of sp³-hybridized carbons (Fsp3) is 0.0667. The molecule has 0 aliphatic carbocycles. The topological polar surface area (TPSA) is 59.2 Å². The van der Waals surface area contributed by atoms with Gasteiger partial charge in [-0.15, -0.1) is 11.8 Å². The van der Waals surface area contributed by atoms with E-state index in [2.05, 4.69) is 10.1 Å². The zero-order valence-corrected chi connectivity index (χ0v) is 12.6. The van der Waals surface area contributed by atoms with E-state index in [0.717, 1.165) is 5.56 Å². The Morgan fingerprint density at radius 2 is 1.81 bits per heavy atom. The van der Waals surface area contributed by atoms with E-state index < -0.39 is 0 Å². The van der Waals surface area contributed by atoms with E-state index in [9.17, 15) is 5.11 Å². The molecule has 1 N–H and O–H groups in total. The van der Waals surface area contributed by atoms with Gasteiger partial charge in [-0.1, -0.05) is 16.8 Å². The average Bonchev–Trinajstić information content (AvgIpc) is 3.00. The highest BCUT2D eigenvalue weighted by Crippen LogP contribution is 2.29. The zero-order valence-electron chi connectivity index (χ0n) is 11.1. The van der Waals surface area contributed by atoms with Crippen molar-refractivity contribution >= 4 is 23.4 Å². The molecule has 0 fully saturated rings. The summed E-state index contributed by atoms with van der Waals surface area (Å²) in [7, 11) is 0. The predicted octanol–water partition coefficient (Wildman–Crippen LogP) is 4.48. The number of benzene rings is 2. The lowest BCUT2D eigenvalue weighted by Crippen LogP contribution is -1.82. The fourth-order valence-electron chi connectivity index (χ4n) is 1.84. The van der Waals surface area contributed by atoms with Crippen molar-refractivity contribution in [1.82, 2.24) is 10.1 Å². The number of thioether (sulfide) groups is 1. The molecule has 0 saturated carbocycles. The quantitative estimate of drug-likeness (QED) is 0.721. The molecule has 3 rings (SSSR count). The summed E-state index contributed by atoms with van der Waals surface area (Å²) >= 11 is 7.55. The number of phenolic OH excluding ortho intramolecular Hbond substituents is 1. The van der Waals surface area contributed by atoms with Gasteiger partial charge in [0.1, 0.15) is 5.75 Å². The first-order chi connectivity index (χ1) is 10.2. The van der Waals surface area contributed by atoms with E-state index in [0.29, 0.717) is 17.3 Å². The van der Waals surface area contributed by atoms with Crippen molar-refractivity contribution in [1.29, 1.82) is 0 Å². The van der Waals surface area contributed by atoms with Gasteiger partial charge in [0.25, 0.3) is 5.89 Å². The van der Waals surface area contributed by atoms with Crippen LogP contribution in [0.25, 0.3) is 22.8 Å². The molecule has 106 valence electrons. The summed E-state index contributed by atoms with van der Waals surface area (Å²) in [6, 6.07) is 12.7. The number of phenols is 1. The summed E-state index contributed by atoms with van der Waals surface area (Å²) in [4.78, 5) is 5.53. The maximum absolute atomic E-state index is 9.42. The number of hydrogen-bond donors (Lipinski definition) is 1. The first-order valence-corrected chi connectivity index (χ1v) is 7.74. The van der Waals surface area contributed by atoms with Crippen molar-refractivity contribution in [2.45, 2.75) is 4.90 Å². The number of halogens is 1. The zero-order chi connectivity index (χ0) is 14.8. The Hall–Kier alpha value is -1.98. The maximum Gasteiger partial charge on any atom is 0.258 e. The Kier molecular flexibility index (Phi) is 3.86. The number of aromatic nitrogens is 2. The van der Waals surface area contributed by atoms with E-state index in [1.54, 1.807) is 23.9 Å². The molecule has 1 heterocycles. The van der Waals surface area contributed by atoms with E-state index in [1.807, 2.05) is 30.5 Å². The molecule has 21 heavy (non-hydrogen) atoms. The molecule has 0 amide bonds. The Bertz CT molecular complexity index is 772. The minimum atomic E-state index is 0.0211. The van der Waals surface area contributed by atoms with Gasteiger partial charge in [-0.05, 0) is 48.7 Å². The van der Waals surface area contributed by atoms with E-state index >= 15 is 0 Å². The smallest absolute Gasteiger partial charge is 0.258 e. The van der Waals surface area contributed by atoms with Crippen molar-refractivity contribution < 1.29 is 9.63 Å². The van der Waals surface area contributed by atoms with Gasteiger partial charge in [0.2, 0.25) is 5.82 Å². The molecule has 2 aromatic carbocycles. The van der Waals surface area contributed by atoms with Crippen LogP contribution >= 0.6 is 23.4 Å². The lowest BCUT2D eigenvalue weighted by molar-refractivity contribution is 0.432. The first kappa shape index (κ1) is 14.0. The molecular weight excluding hydrogens is 308 g/mol. The molecule has 0 spiro atoms. The molecule has 0 aliphatic heterocycles. The minimum Gasteiger partial charge on any atom is -0.506 e. The molecule has 4 nitrogen and oxygen atoms in total. The van der Waals surface area contributed by atoms with Crippen LogP contribution in [0.5, 0.6) is 5.75 Å². The number of nitrogens with zero attached hydrogens (tertiary/aromatic N) is 2. The van der Waals surface area contributed by atoms with Gasteiger partial charge in [0.05, 0.1) is 5.02 Å². The van der Waals surface area contributed by atoms with Crippen LogP contribution < -0.4 is 0 Å². The molecule has 1 aromatic heterocycles. The third-order valence-corrected chi connectivity index (χ3v) is 4.02. The average molecular weight is 319 g/mol. The van der Waals surface area contributed by atoms with Crippen LogP contribution in [0.15, 0.2) is 51.9 Å². The van der Waals surface area contributed by atoms with Crippen LogP contribution in [-0.4, -0.2) is 21.5 Å². The predicted molar refractivity (Wildman–Crippen MR) is 83.6 cm³/mol. The van der Waals surface area contributed by atoms with E-state index in [1.165, 1.54) is 11.0 Å². The van der Waals surface area contributed by atoms with Gasteiger partial charge in [-0.25, -0.2) is 0 Å². The molecule has 0 radical (unpaired) electrons. The first-order valence-electron chi connectivity index (χ1n) is 6.14. The summed E-state index contributed by atoms with van der Waals surface area (Å²) < 4.78 is 5.25. The van der Waals surface area contributed by atoms with Gasteiger partial charge < -0.3 is 9.63 Å². The van der Waals surface area contributed by atoms with Crippen molar-refractivity contribution in [2.75, 3.05) is 6.26 Å². The van der Waals surface area contributed by atoms with Crippen LogP contribution in [0.4, 0.5) is 0 Å². The monoisotopic (exact) mass is 318 g/mol. The van der Waals surface area contributed by atoms with E-state index in [-0.39, 0.29) is 10.8 Å². The summed E-state index contributed by atoms with van der Waals surface area (Å²) in [5.74, 6) is 0.899. The number of hydrogen-bond acceptors (Lipinski definition) is 5. The second-order valence-corrected chi connectivity index (χ2v) is 5.60. The number of rotatable bonds is 3. The normalized spacial score (nSPS) is 10.8. The second kappa shape index (κ2) is 5.79. The fourth-order valence-corrected chi connectivity index (χ4v) is 2.43. The highest BCUT2D eigenvalue weighted by molar-refractivity contribution is 7.98. The number of aromatic hydroxyl groups is 1. The maximum atomic E-state index is 9.42. The SMILES string of the molecule is CSc1ccc(-c2noc(-c3ccc(O)c(Cl)c3)n2)cc1. The standard InChI is InChI=1S/C15H11ClN2O2S/c1-21-11-5-2-9(3-6-11)14-17-15(20-18-14)10-4-7-13(19)12(16)8-10/h2-8,19H,1H3. The Morgan fingerprint density at radius 3 is 2.48 bits per heavy atom. The van der Waals surface area contributed by atoms with Gasteiger partial charge in [0, 0.05) is 16.0 Å². The molecular formula is C15H11ClN2O2S. The van der Waals surface area contributed by atoms with Crippen molar-refractivity contribution in [3.05, 3.63) is 47.5 Å². The molecule has 6 heteroatoms. The summed E-state index contributed by atoms with van der Waals surface area (Å²) in [5, 5.41) is 13.6. The highest BCUT2D eigenvalue weighted by atomic mass is 35.5. The largest absolute Gasteiger partial charge is 0.506 e. The second-order valence-electron chi connectivity index (χ2n) is 4.32. The van der Waals surface area contributed by atoms with Crippen LogP contribution in [0, 0.1) is 0 Å². The molecule has 0 aliphatic rings. The molecule has 3 aromatic rings. The van der Waals surface area contributed by atoms with Gasteiger partial charge >= 0.3 is 0 Å². The van der Waals surface area contributed by atoms with Gasteiger partial charge in [0.15, 0.2) is 0 Å². The van der Waals surface area contributed by atoms with Crippen LogP contribution in [0.1, 0.15) is 0 Å². The van der Waals surface area contributed by atoms with Crippen molar-refractivity contribution in [3.8, 4) is 28.6 Å². The van der Waals surface area contributed by atoms with Crippen molar-refractivity contribution in [2.24, 2.45) is 0 Å². The Labute approximate surface area is 130 Å².